The first-order chi connectivity index (χ1) is 9.58. The number of hydrogen-bond donors (Lipinski definition) is 1. The smallest absolute Gasteiger partial charge is 0.377 e. The summed E-state index contributed by atoms with van der Waals surface area (Å²) in [6.45, 7) is 1.82. The average Bonchev–Trinajstić information content (AvgIpc) is 2.98. The molecule has 1 aromatic carbocycles. The lowest BCUT2D eigenvalue weighted by atomic mass is 10.1. The second kappa shape index (κ2) is 5.81. The quantitative estimate of drug-likeness (QED) is 0.651. The molecule has 0 bridgehead atoms. The Morgan fingerprint density at radius 1 is 1.10 bits per heavy atom. The number of anilines is 1. The van der Waals surface area contributed by atoms with Gasteiger partial charge in [-0.05, 0) is 18.9 Å². The number of hydrogen-bond acceptors (Lipinski definition) is 5. The van der Waals surface area contributed by atoms with Crippen LogP contribution >= 0.6 is 0 Å². The molecule has 0 radical (unpaired) electrons. The van der Waals surface area contributed by atoms with Crippen LogP contribution in [0.25, 0.3) is 0 Å². The minimum Gasteiger partial charge on any atom is -0.496 e. The van der Waals surface area contributed by atoms with Gasteiger partial charge in [-0.1, -0.05) is 0 Å². The molecule has 1 N–H and O–H groups in total. The summed E-state index contributed by atoms with van der Waals surface area (Å²) in [5.74, 6) is -1.79. The first-order valence-corrected chi connectivity index (χ1v) is 6.37. The monoisotopic (exact) mass is 279 g/mol. The van der Waals surface area contributed by atoms with Gasteiger partial charge in [-0.2, -0.15) is 0 Å². The van der Waals surface area contributed by atoms with E-state index >= 15 is 0 Å². The van der Waals surface area contributed by atoms with E-state index in [0.29, 0.717) is 5.75 Å². The van der Waals surface area contributed by atoms with E-state index in [1.807, 2.05) is 0 Å². The van der Waals surface area contributed by atoms with Crippen molar-refractivity contribution in [3.63, 3.8) is 0 Å². The molecule has 6 nitrogen and oxygen atoms in total. The van der Waals surface area contributed by atoms with Gasteiger partial charge in [-0.25, -0.2) is 4.79 Å². The highest BCUT2D eigenvalue weighted by Gasteiger charge is 2.25. The molecule has 1 aromatic rings. The molecule has 1 aliphatic heterocycles. The van der Waals surface area contributed by atoms with Crippen LogP contribution in [0, 0.1) is 0 Å². The zero-order valence-electron chi connectivity index (χ0n) is 11.5. The predicted octanol–water partition coefficient (Wildman–Crippen LogP) is 1.57. The number of carbonyl (C=O) groups is 2. The third-order valence-electron chi connectivity index (χ3n) is 3.39. The van der Waals surface area contributed by atoms with Gasteiger partial charge in [0.05, 0.1) is 25.5 Å². The van der Waals surface area contributed by atoms with Crippen molar-refractivity contribution in [2.24, 2.45) is 0 Å². The Kier molecular flexibility index (Phi) is 4.12. The highest BCUT2D eigenvalue weighted by atomic mass is 16.5. The van der Waals surface area contributed by atoms with Gasteiger partial charge < -0.3 is 19.5 Å². The molecule has 0 aliphatic carbocycles. The molecule has 1 saturated heterocycles. The number of Topliss-reactive ketones (excluding diaryl/α,β-unsaturated/α-hetero) is 1. The Balaban J connectivity index is 2.50. The van der Waals surface area contributed by atoms with Crippen molar-refractivity contribution in [2.45, 2.75) is 12.8 Å². The lowest BCUT2D eigenvalue weighted by molar-refractivity contribution is -0.131. The van der Waals surface area contributed by atoms with Crippen LogP contribution in [0.2, 0.25) is 0 Å². The van der Waals surface area contributed by atoms with E-state index in [1.165, 1.54) is 20.3 Å². The lowest BCUT2D eigenvalue weighted by Crippen LogP contribution is -2.20. The number of carbonyl (C=O) groups excluding carboxylic acids is 1. The molecular formula is C14H17NO5. The largest absolute Gasteiger partial charge is 0.496 e. The van der Waals surface area contributed by atoms with Crippen molar-refractivity contribution in [3.8, 4) is 11.5 Å². The van der Waals surface area contributed by atoms with Crippen LogP contribution in [0.3, 0.4) is 0 Å². The molecule has 108 valence electrons. The first kappa shape index (κ1) is 14.2. The molecule has 1 aliphatic rings. The maximum atomic E-state index is 11.7. The second-order valence-corrected chi connectivity index (χ2v) is 4.55. The average molecular weight is 279 g/mol. The molecule has 0 aromatic heterocycles. The third-order valence-corrected chi connectivity index (χ3v) is 3.39. The number of carboxylic acids is 1. The normalized spacial score (nSPS) is 14.2. The predicted molar refractivity (Wildman–Crippen MR) is 73.0 cm³/mol. The van der Waals surface area contributed by atoms with E-state index in [2.05, 4.69) is 4.90 Å². The van der Waals surface area contributed by atoms with E-state index < -0.39 is 11.8 Å². The van der Waals surface area contributed by atoms with Crippen molar-refractivity contribution in [3.05, 3.63) is 17.7 Å². The number of benzene rings is 1. The molecule has 0 atom stereocenters. The van der Waals surface area contributed by atoms with Crippen molar-refractivity contribution >= 4 is 17.4 Å². The Morgan fingerprint density at radius 3 is 2.20 bits per heavy atom. The van der Waals surface area contributed by atoms with Crippen molar-refractivity contribution in [2.75, 3.05) is 32.2 Å². The fourth-order valence-electron chi connectivity index (χ4n) is 2.38. The summed E-state index contributed by atoms with van der Waals surface area (Å²) in [6, 6.07) is 3.10. The van der Waals surface area contributed by atoms with E-state index in [0.717, 1.165) is 31.6 Å². The molecule has 0 saturated carbocycles. The highest BCUT2D eigenvalue weighted by Crippen LogP contribution is 2.37. The van der Waals surface area contributed by atoms with E-state index in [4.69, 9.17) is 14.6 Å². The van der Waals surface area contributed by atoms with Crippen LogP contribution in [0.4, 0.5) is 5.69 Å². The van der Waals surface area contributed by atoms with Crippen LogP contribution in [-0.2, 0) is 4.79 Å². The van der Waals surface area contributed by atoms with Gasteiger partial charge in [0.25, 0.3) is 5.78 Å². The maximum absolute atomic E-state index is 11.7. The van der Waals surface area contributed by atoms with Gasteiger partial charge in [0.15, 0.2) is 0 Å². The molecule has 20 heavy (non-hydrogen) atoms. The van der Waals surface area contributed by atoms with Crippen molar-refractivity contribution in [1.82, 2.24) is 0 Å². The van der Waals surface area contributed by atoms with Crippen LogP contribution in [0.5, 0.6) is 11.5 Å². The molecular weight excluding hydrogens is 262 g/mol. The number of rotatable bonds is 5. The second-order valence-electron chi connectivity index (χ2n) is 4.55. The summed E-state index contributed by atoms with van der Waals surface area (Å²) in [4.78, 5) is 24.7. The Morgan fingerprint density at radius 2 is 1.70 bits per heavy atom. The zero-order valence-corrected chi connectivity index (χ0v) is 11.5. The Hall–Kier alpha value is -2.24. The van der Waals surface area contributed by atoms with Gasteiger partial charge in [0, 0.05) is 19.2 Å². The number of methoxy groups -OCH3 is 2. The number of ketones is 1. The van der Waals surface area contributed by atoms with Crippen molar-refractivity contribution < 1.29 is 24.2 Å². The van der Waals surface area contributed by atoms with Crippen LogP contribution in [0.15, 0.2) is 12.1 Å². The molecule has 0 amide bonds. The minimum atomic E-state index is -1.51. The molecule has 2 rings (SSSR count). The summed E-state index contributed by atoms with van der Waals surface area (Å²) in [6.07, 6.45) is 2.20. The number of nitrogens with zero attached hydrogens (tertiary/aromatic N) is 1. The SMILES string of the molecule is COc1cc(N2CCCC2)c(OC)cc1C(=O)C(=O)O. The van der Waals surface area contributed by atoms with E-state index in [1.54, 1.807) is 6.07 Å². The standard InChI is InChI=1S/C14H17NO5/c1-19-11-8-10(15-5-3-4-6-15)12(20-2)7-9(11)13(16)14(17)18/h7-8H,3-6H2,1-2H3,(H,17,18). The van der Waals surface area contributed by atoms with Crippen LogP contribution in [-0.4, -0.2) is 44.2 Å². The Bertz CT molecular complexity index is 535. The topological polar surface area (TPSA) is 76.1 Å². The van der Waals surface area contributed by atoms with Gasteiger partial charge in [-0.3, -0.25) is 4.79 Å². The molecule has 0 unspecified atom stereocenters. The summed E-state index contributed by atoms with van der Waals surface area (Å²) in [5.41, 5.74) is 0.823. The third kappa shape index (κ3) is 2.54. The minimum absolute atomic E-state index is 0.000188. The molecule has 1 fully saturated rings. The number of ether oxygens (including phenoxy) is 2. The summed E-state index contributed by atoms with van der Waals surface area (Å²) in [5, 5.41) is 8.84. The molecule has 0 spiro atoms. The fourth-order valence-corrected chi connectivity index (χ4v) is 2.38. The van der Waals surface area contributed by atoms with Gasteiger partial charge in [0.2, 0.25) is 0 Å². The van der Waals surface area contributed by atoms with Crippen LogP contribution < -0.4 is 14.4 Å². The molecule has 1 heterocycles. The fraction of sp³-hybridized carbons (Fsp3) is 0.429. The van der Waals surface area contributed by atoms with E-state index in [9.17, 15) is 9.59 Å². The summed E-state index contributed by atoms with van der Waals surface area (Å²) < 4.78 is 10.4. The number of carboxylic acid groups (broad SMARTS) is 1. The summed E-state index contributed by atoms with van der Waals surface area (Å²) in [7, 11) is 2.91. The first-order valence-electron chi connectivity index (χ1n) is 6.37. The van der Waals surface area contributed by atoms with Gasteiger partial charge >= 0.3 is 5.97 Å². The zero-order chi connectivity index (χ0) is 14.7. The maximum Gasteiger partial charge on any atom is 0.377 e. The lowest BCUT2D eigenvalue weighted by Gasteiger charge is -2.22. The summed E-state index contributed by atoms with van der Waals surface area (Å²) >= 11 is 0. The number of aliphatic carboxylic acids is 1. The van der Waals surface area contributed by atoms with Crippen molar-refractivity contribution in [1.29, 1.82) is 0 Å². The Labute approximate surface area is 116 Å². The van der Waals surface area contributed by atoms with Gasteiger partial charge in [0.1, 0.15) is 11.5 Å². The highest BCUT2D eigenvalue weighted by molar-refractivity contribution is 6.40. The molecule has 6 heteroatoms. The van der Waals surface area contributed by atoms with Crippen LogP contribution in [0.1, 0.15) is 23.2 Å². The van der Waals surface area contributed by atoms with E-state index in [-0.39, 0.29) is 11.3 Å². The van der Waals surface area contributed by atoms with Gasteiger partial charge in [-0.15, -0.1) is 0 Å².